The largest absolute Gasteiger partial charge is 0.494 e. The number of anilines is 1. The highest BCUT2D eigenvalue weighted by Crippen LogP contribution is 2.27. The second-order valence-corrected chi connectivity index (χ2v) is 10.1. The Morgan fingerprint density at radius 3 is 2.26 bits per heavy atom. The molecule has 0 bridgehead atoms. The van der Waals surface area contributed by atoms with E-state index in [4.69, 9.17) is 4.74 Å². The molecule has 0 fully saturated rings. The summed E-state index contributed by atoms with van der Waals surface area (Å²) < 4.78 is 33.5. The summed E-state index contributed by atoms with van der Waals surface area (Å²) in [6, 6.07) is 22.0. The Kier molecular flexibility index (Phi) is 8.98. The predicted molar refractivity (Wildman–Crippen MR) is 135 cm³/mol. The van der Waals surface area contributed by atoms with Gasteiger partial charge in [-0.25, -0.2) is 8.42 Å². The molecule has 9 heteroatoms. The number of hydrogen-bond acceptors (Lipinski definition) is 6. The minimum atomic E-state index is -4.03. The molecule has 0 aromatic heterocycles. The Morgan fingerprint density at radius 1 is 1.03 bits per heavy atom. The third kappa shape index (κ3) is 6.53. The molecule has 0 aliphatic rings. The maximum atomic E-state index is 13.5. The summed E-state index contributed by atoms with van der Waals surface area (Å²) in [6.07, 6.45) is 1.00. The molecule has 0 spiro atoms. The summed E-state index contributed by atoms with van der Waals surface area (Å²) in [5, 5.41) is 13.0. The maximum Gasteiger partial charge on any atom is 0.264 e. The second kappa shape index (κ2) is 11.9. The number of aliphatic hydroxyl groups excluding tert-OH is 1. The number of sulfonamides is 1. The van der Waals surface area contributed by atoms with Gasteiger partial charge in [0.25, 0.3) is 10.0 Å². The van der Waals surface area contributed by atoms with Crippen molar-refractivity contribution in [2.24, 2.45) is 0 Å². The number of carbonyl (C=O) groups excluding carboxylic acids is 1. The number of rotatable bonds is 11. The van der Waals surface area contributed by atoms with E-state index in [9.17, 15) is 18.3 Å². The molecule has 3 aromatic carbocycles. The van der Waals surface area contributed by atoms with E-state index in [0.717, 1.165) is 9.20 Å². The molecular weight excluding hydrogens is 472 g/mol. The van der Waals surface area contributed by atoms with E-state index in [1.807, 2.05) is 19.2 Å². The molecular formula is C25H28N2O5S2. The quantitative estimate of drug-likeness (QED) is 0.388. The highest BCUT2D eigenvalue weighted by molar-refractivity contribution is 7.98. The van der Waals surface area contributed by atoms with Gasteiger partial charge < -0.3 is 15.2 Å². The number of ether oxygens (including phenoxy) is 1. The molecule has 1 amide bonds. The molecule has 7 nitrogen and oxygen atoms in total. The standard InChI is InChI=1S/C25H28N2O5S2/c1-3-32-21-11-9-20(10-12-21)27(34(30,31)23-15-13-22(33-2)14-16-23)18-25(29)26-17-24(28)19-7-5-4-6-8-19/h4-16,24,28H,3,17-18H2,1-2H3,(H,26,29). The van der Waals surface area contributed by atoms with Crippen molar-refractivity contribution in [1.29, 1.82) is 0 Å². The first kappa shape index (κ1) is 25.6. The summed E-state index contributed by atoms with van der Waals surface area (Å²) in [4.78, 5) is 13.8. The SMILES string of the molecule is CCOc1ccc(N(CC(=O)NCC(O)c2ccccc2)S(=O)(=O)c2ccc(SC)cc2)cc1. The zero-order chi connectivity index (χ0) is 24.6. The summed E-state index contributed by atoms with van der Waals surface area (Å²) >= 11 is 1.51. The minimum Gasteiger partial charge on any atom is -0.494 e. The van der Waals surface area contributed by atoms with Crippen LogP contribution in [0.5, 0.6) is 5.75 Å². The number of nitrogens with zero attached hydrogens (tertiary/aromatic N) is 1. The van der Waals surface area contributed by atoms with Crippen LogP contribution in [0.1, 0.15) is 18.6 Å². The zero-order valence-electron chi connectivity index (χ0n) is 19.0. The van der Waals surface area contributed by atoms with Crippen molar-refractivity contribution in [2.45, 2.75) is 22.8 Å². The highest BCUT2D eigenvalue weighted by atomic mass is 32.2. The minimum absolute atomic E-state index is 0.0393. The van der Waals surface area contributed by atoms with Gasteiger partial charge in [-0.05, 0) is 67.3 Å². The fourth-order valence-electron chi connectivity index (χ4n) is 3.26. The zero-order valence-corrected chi connectivity index (χ0v) is 20.7. The first-order chi connectivity index (χ1) is 16.3. The van der Waals surface area contributed by atoms with E-state index in [1.54, 1.807) is 60.7 Å². The Labute approximate surface area is 204 Å². The summed E-state index contributed by atoms with van der Waals surface area (Å²) in [5.74, 6) is 0.0662. The average molecular weight is 501 g/mol. The Morgan fingerprint density at radius 2 is 1.68 bits per heavy atom. The molecule has 0 saturated carbocycles. The van der Waals surface area contributed by atoms with Crippen LogP contribution in [0.2, 0.25) is 0 Å². The van der Waals surface area contributed by atoms with Crippen LogP contribution in [0.4, 0.5) is 5.69 Å². The van der Waals surface area contributed by atoms with E-state index < -0.39 is 28.6 Å². The fraction of sp³-hybridized carbons (Fsp3) is 0.240. The van der Waals surface area contributed by atoms with Crippen LogP contribution >= 0.6 is 11.8 Å². The van der Waals surface area contributed by atoms with E-state index in [-0.39, 0.29) is 11.4 Å². The second-order valence-electron chi connectivity index (χ2n) is 7.34. The van der Waals surface area contributed by atoms with Gasteiger partial charge in [0.1, 0.15) is 12.3 Å². The number of carbonyl (C=O) groups is 1. The molecule has 1 atom stereocenters. The topological polar surface area (TPSA) is 95.9 Å². The molecule has 1 unspecified atom stereocenters. The van der Waals surface area contributed by atoms with Crippen LogP contribution in [-0.2, 0) is 14.8 Å². The monoisotopic (exact) mass is 500 g/mol. The predicted octanol–water partition coefficient (Wildman–Crippen LogP) is 3.85. The molecule has 34 heavy (non-hydrogen) atoms. The van der Waals surface area contributed by atoms with Crippen LogP contribution < -0.4 is 14.4 Å². The van der Waals surface area contributed by atoms with Gasteiger partial charge in [-0.2, -0.15) is 0 Å². The molecule has 0 heterocycles. The lowest BCUT2D eigenvalue weighted by atomic mass is 10.1. The number of hydrogen-bond donors (Lipinski definition) is 2. The van der Waals surface area contributed by atoms with Crippen molar-refractivity contribution in [3.8, 4) is 5.75 Å². The van der Waals surface area contributed by atoms with Crippen LogP contribution in [0.25, 0.3) is 0 Å². The third-order valence-electron chi connectivity index (χ3n) is 5.05. The number of amides is 1. The van der Waals surface area contributed by atoms with Crippen LogP contribution in [-0.4, -0.2) is 45.4 Å². The fourth-order valence-corrected chi connectivity index (χ4v) is 5.08. The third-order valence-corrected chi connectivity index (χ3v) is 7.58. The van der Waals surface area contributed by atoms with Crippen molar-refractivity contribution in [3.05, 3.63) is 84.4 Å². The molecule has 0 saturated heterocycles. The van der Waals surface area contributed by atoms with Crippen LogP contribution in [0, 0.1) is 0 Å². The molecule has 2 N–H and O–H groups in total. The van der Waals surface area contributed by atoms with Crippen molar-refractivity contribution >= 4 is 33.4 Å². The number of thioether (sulfide) groups is 1. The van der Waals surface area contributed by atoms with E-state index >= 15 is 0 Å². The number of benzene rings is 3. The van der Waals surface area contributed by atoms with Crippen molar-refractivity contribution in [2.75, 3.05) is 30.3 Å². The summed E-state index contributed by atoms with van der Waals surface area (Å²) in [7, 11) is -4.03. The Balaban J connectivity index is 1.82. The van der Waals surface area contributed by atoms with Crippen molar-refractivity contribution in [3.63, 3.8) is 0 Å². The van der Waals surface area contributed by atoms with Gasteiger partial charge >= 0.3 is 0 Å². The molecule has 0 aliphatic heterocycles. The van der Waals surface area contributed by atoms with Crippen LogP contribution in [0.3, 0.4) is 0 Å². The van der Waals surface area contributed by atoms with Gasteiger partial charge in [0, 0.05) is 11.4 Å². The smallest absolute Gasteiger partial charge is 0.264 e. The van der Waals surface area contributed by atoms with Gasteiger partial charge in [-0.3, -0.25) is 9.10 Å². The lowest BCUT2D eigenvalue weighted by molar-refractivity contribution is -0.120. The first-order valence-corrected chi connectivity index (χ1v) is 13.4. The van der Waals surface area contributed by atoms with Crippen LogP contribution in [0.15, 0.2) is 88.7 Å². The highest BCUT2D eigenvalue weighted by Gasteiger charge is 2.27. The lowest BCUT2D eigenvalue weighted by Gasteiger charge is -2.24. The lowest BCUT2D eigenvalue weighted by Crippen LogP contribution is -2.42. The van der Waals surface area contributed by atoms with Crippen molar-refractivity contribution < 1.29 is 23.1 Å². The molecule has 3 rings (SSSR count). The number of nitrogens with one attached hydrogen (secondary N) is 1. The average Bonchev–Trinajstić information content (AvgIpc) is 2.87. The molecule has 0 radical (unpaired) electrons. The summed E-state index contributed by atoms with van der Waals surface area (Å²) in [6.45, 7) is 1.86. The first-order valence-electron chi connectivity index (χ1n) is 10.7. The van der Waals surface area contributed by atoms with Gasteiger partial charge in [-0.15, -0.1) is 11.8 Å². The van der Waals surface area contributed by atoms with Crippen molar-refractivity contribution in [1.82, 2.24) is 5.32 Å². The van der Waals surface area contributed by atoms with E-state index in [0.29, 0.717) is 23.6 Å². The van der Waals surface area contributed by atoms with Gasteiger partial charge in [-0.1, -0.05) is 30.3 Å². The Bertz CT molecular complexity index is 1170. The van der Waals surface area contributed by atoms with Gasteiger partial charge in [0.15, 0.2) is 0 Å². The molecule has 3 aromatic rings. The number of aliphatic hydroxyl groups is 1. The Hall–Kier alpha value is -3.01. The van der Waals surface area contributed by atoms with Gasteiger partial charge in [0.2, 0.25) is 5.91 Å². The van der Waals surface area contributed by atoms with E-state index in [1.165, 1.54) is 23.9 Å². The van der Waals surface area contributed by atoms with Gasteiger partial charge in [0.05, 0.1) is 23.3 Å². The molecule has 0 aliphatic carbocycles. The molecule has 180 valence electrons. The van der Waals surface area contributed by atoms with E-state index in [2.05, 4.69) is 5.32 Å². The normalized spacial score (nSPS) is 12.1. The maximum absolute atomic E-state index is 13.5. The summed E-state index contributed by atoms with van der Waals surface area (Å²) in [5.41, 5.74) is 0.990.